The zero-order valence-corrected chi connectivity index (χ0v) is 16.0. The Hall–Kier alpha value is -3.19. The van der Waals surface area contributed by atoms with Crippen molar-refractivity contribution < 1.29 is 13.9 Å². The number of ether oxygens (including phenoxy) is 1. The van der Waals surface area contributed by atoms with Gasteiger partial charge in [-0.05, 0) is 24.1 Å². The van der Waals surface area contributed by atoms with Crippen LogP contribution in [0, 0.1) is 0 Å². The number of nitrogens with one attached hydrogen (secondary N) is 1. The number of aromatic nitrogens is 2. The molecule has 2 aromatic heterocycles. The molecule has 2 aliphatic rings. The van der Waals surface area contributed by atoms with Crippen LogP contribution in [-0.2, 0) is 9.53 Å². The number of nitrogens with zero attached hydrogens (tertiary/aromatic N) is 3. The Bertz CT molecular complexity index is 961. The van der Waals surface area contributed by atoms with E-state index in [1.807, 2.05) is 31.2 Å². The van der Waals surface area contributed by atoms with Crippen molar-refractivity contribution in [3.63, 3.8) is 0 Å². The highest BCUT2D eigenvalue weighted by Crippen LogP contribution is 2.40. The van der Waals surface area contributed by atoms with E-state index >= 15 is 0 Å². The number of carbonyl (C=O) groups is 1. The van der Waals surface area contributed by atoms with Crippen LogP contribution in [0.5, 0.6) is 0 Å². The summed E-state index contributed by atoms with van der Waals surface area (Å²) in [5, 5.41) is 3.43. The third kappa shape index (κ3) is 3.14. The van der Waals surface area contributed by atoms with Gasteiger partial charge < -0.3 is 19.4 Å². The third-order valence-corrected chi connectivity index (χ3v) is 5.18. The van der Waals surface area contributed by atoms with Crippen LogP contribution in [0.15, 0.2) is 64.5 Å². The van der Waals surface area contributed by atoms with Gasteiger partial charge in [-0.1, -0.05) is 18.2 Å². The van der Waals surface area contributed by atoms with E-state index in [9.17, 15) is 4.79 Å². The van der Waals surface area contributed by atoms with E-state index in [4.69, 9.17) is 9.15 Å². The smallest absolute Gasteiger partial charge is 0.257 e. The molecule has 1 aliphatic heterocycles. The van der Waals surface area contributed by atoms with Crippen molar-refractivity contribution in [3.8, 4) is 0 Å². The number of hydrogen-bond acceptors (Lipinski definition) is 6. The summed E-state index contributed by atoms with van der Waals surface area (Å²) in [6, 6.07) is 3.83. The SMILES string of the molecule is COC1CC2=C(C(=O)N(C)C(C)N2)C(C=Cc2cccnc2)=C1c1cnco1. The average Bonchev–Trinajstić information content (AvgIpc) is 3.24. The molecule has 0 saturated heterocycles. The fourth-order valence-electron chi connectivity index (χ4n) is 3.61. The Morgan fingerprint density at radius 3 is 2.86 bits per heavy atom. The molecule has 2 aromatic rings. The Labute approximate surface area is 163 Å². The molecule has 0 spiro atoms. The van der Waals surface area contributed by atoms with E-state index in [0.29, 0.717) is 17.8 Å². The zero-order valence-electron chi connectivity index (χ0n) is 16.0. The van der Waals surface area contributed by atoms with Gasteiger partial charge in [0, 0.05) is 44.2 Å². The third-order valence-electron chi connectivity index (χ3n) is 5.18. The summed E-state index contributed by atoms with van der Waals surface area (Å²) >= 11 is 0. The van der Waals surface area contributed by atoms with E-state index in [1.54, 1.807) is 37.6 Å². The number of rotatable bonds is 4. The largest absolute Gasteiger partial charge is 0.444 e. The van der Waals surface area contributed by atoms with Crippen molar-refractivity contribution in [2.24, 2.45) is 0 Å². The van der Waals surface area contributed by atoms with Gasteiger partial charge in [-0.3, -0.25) is 9.78 Å². The van der Waals surface area contributed by atoms with E-state index in [2.05, 4.69) is 15.3 Å². The van der Waals surface area contributed by atoms with Gasteiger partial charge in [0.25, 0.3) is 5.91 Å². The summed E-state index contributed by atoms with van der Waals surface area (Å²) in [6.07, 6.45) is 10.6. The molecule has 0 saturated carbocycles. The van der Waals surface area contributed by atoms with Crippen molar-refractivity contribution in [2.45, 2.75) is 25.6 Å². The van der Waals surface area contributed by atoms with Crippen molar-refractivity contribution in [1.82, 2.24) is 20.2 Å². The highest BCUT2D eigenvalue weighted by molar-refractivity contribution is 6.04. The number of hydrogen-bond donors (Lipinski definition) is 1. The first-order valence-corrected chi connectivity index (χ1v) is 9.11. The van der Waals surface area contributed by atoms with Crippen LogP contribution in [0.4, 0.5) is 0 Å². The summed E-state index contributed by atoms with van der Waals surface area (Å²) in [4.78, 5) is 23.1. The van der Waals surface area contributed by atoms with E-state index in [-0.39, 0.29) is 18.2 Å². The Morgan fingerprint density at radius 1 is 1.32 bits per heavy atom. The van der Waals surface area contributed by atoms with Crippen molar-refractivity contribution in [1.29, 1.82) is 0 Å². The number of pyridine rings is 1. The molecular formula is C21H22N4O3. The normalized spacial score (nSPS) is 22.7. The van der Waals surface area contributed by atoms with Crippen molar-refractivity contribution in [3.05, 3.63) is 71.4 Å². The molecule has 7 heteroatoms. The minimum Gasteiger partial charge on any atom is -0.444 e. The minimum atomic E-state index is -0.254. The first-order chi connectivity index (χ1) is 13.6. The molecule has 144 valence electrons. The quantitative estimate of drug-likeness (QED) is 0.881. The molecule has 2 atom stereocenters. The molecule has 1 aliphatic carbocycles. The summed E-state index contributed by atoms with van der Waals surface area (Å²) in [7, 11) is 3.46. The van der Waals surface area contributed by atoms with Crippen molar-refractivity contribution in [2.75, 3.05) is 14.2 Å². The molecule has 0 radical (unpaired) electrons. The van der Waals surface area contributed by atoms with Crippen LogP contribution < -0.4 is 5.32 Å². The highest BCUT2D eigenvalue weighted by atomic mass is 16.5. The van der Waals surface area contributed by atoms with E-state index in [0.717, 1.165) is 22.4 Å². The highest BCUT2D eigenvalue weighted by Gasteiger charge is 2.38. The zero-order chi connectivity index (χ0) is 19.7. The van der Waals surface area contributed by atoms with Crippen LogP contribution in [0.25, 0.3) is 11.6 Å². The summed E-state index contributed by atoms with van der Waals surface area (Å²) in [5.74, 6) is 0.567. The Kier molecular flexibility index (Phi) is 4.83. The molecule has 1 N–H and O–H groups in total. The predicted molar refractivity (Wildman–Crippen MR) is 105 cm³/mol. The van der Waals surface area contributed by atoms with Crippen LogP contribution in [0.3, 0.4) is 0 Å². The van der Waals surface area contributed by atoms with Crippen LogP contribution in [0.1, 0.15) is 24.7 Å². The maximum absolute atomic E-state index is 13.2. The fourth-order valence-corrected chi connectivity index (χ4v) is 3.61. The second kappa shape index (κ2) is 7.44. The van der Waals surface area contributed by atoms with Crippen molar-refractivity contribution >= 4 is 17.6 Å². The standard InChI is InChI=1S/C21H22N4O3/c1-13-24-16-9-17(27-3)20(18-11-23-12-28-18)15(19(16)21(26)25(13)2)7-6-14-5-4-8-22-10-14/h4-8,10-13,17,24H,9H2,1-3H3. The lowest BCUT2D eigenvalue weighted by molar-refractivity contribution is -0.128. The summed E-state index contributed by atoms with van der Waals surface area (Å²) in [6.45, 7) is 1.96. The van der Waals surface area contributed by atoms with Crippen LogP contribution in [0.2, 0.25) is 0 Å². The van der Waals surface area contributed by atoms with Gasteiger partial charge in [0.1, 0.15) is 0 Å². The van der Waals surface area contributed by atoms with Gasteiger partial charge in [0.15, 0.2) is 12.2 Å². The molecule has 1 amide bonds. The molecule has 4 rings (SSSR count). The lowest BCUT2D eigenvalue weighted by Crippen LogP contribution is -2.51. The van der Waals surface area contributed by atoms with Gasteiger partial charge >= 0.3 is 0 Å². The number of carbonyl (C=O) groups excluding carboxylic acids is 1. The van der Waals surface area contributed by atoms with E-state index < -0.39 is 0 Å². The first kappa shape index (κ1) is 18.2. The average molecular weight is 378 g/mol. The van der Waals surface area contributed by atoms with Gasteiger partial charge in [-0.2, -0.15) is 0 Å². The molecule has 0 bridgehead atoms. The summed E-state index contributed by atoms with van der Waals surface area (Å²) in [5.41, 5.74) is 4.05. The van der Waals surface area contributed by atoms with Gasteiger partial charge in [-0.15, -0.1) is 0 Å². The van der Waals surface area contributed by atoms with Crippen LogP contribution in [-0.4, -0.2) is 47.2 Å². The Morgan fingerprint density at radius 2 is 2.18 bits per heavy atom. The fraction of sp³-hybridized carbons (Fsp3) is 0.286. The van der Waals surface area contributed by atoms with Gasteiger partial charge in [-0.25, -0.2) is 4.98 Å². The minimum absolute atomic E-state index is 0.0290. The molecule has 2 unspecified atom stereocenters. The lowest BCUT2D eigenvalue weighted by Gasteiger charge is -2.39. The molecule has 0 fully saturated rings. The second-order valence-corrected chi connectivity index (χ2v) is 6.83. The number of oxazole rings is 1. The van der Waals surface area contributed by atoms with Gasteiger partial charge in [0.05, 0.1) is 24.0 Å². The Balaban J connectivity index is 1.91. The molecule has 7 nitrogen and oxygen atoms in total. The monoisotopic (exact) mass is 378 g/mol. The molecule has 3 heterocycles. The molecule has 28 heavy (non-hydrogen) atoms. The summed E-state index contributed by atoms with van der Waals surface area (Å²) < 4.78 is 11.4. The molecular weight excluding hydrogens is 356 g/mol. The number of allylic oxidation sites excluding steroid dienone is 1. The maximum Gasteiger partial charge on any atom is 0.257 e. The topological polar surface area (TPSA) is 80.5 Å². The second-order valence-electron chi connectivity index (χ2n) is 6.83. The maximum atomic E-state index is 13.2. The predicted octanol–water partition coefficient (Wildman–Crippen LogP) is 2.62. The van der Waals surface area contributed by atoms with Crippen LogP contribution >= 0.6 is 0 Å². The number of likely N-dealkylation sites (N-methyl/N-ethyl adjacent to an activating group) is 1. The number of amides is 1. The van der Waals surface area contributed by atoms with Gasteiger partial charge in [0.2, 0.25) is 0 Å². The van der Waals surface area contributed by atoms with E-state index in [1.165, 1.54) is 6.39 Å². The number of methoxy groups -OCH3 is 1. The molecule has 0 aromatic carbocycles. The first-order valence-electron chi connectivity index (χ1n) is 9.11. The lowest BCUT2D eigenvalue weighted by atomic mass is 9.83.